The molecular weight excluding hydrogens is 214 g/mol. The van der Waals surface area contributed by atoms with Gasteiger partial charge in [0, 0.05) is 0 Å². The molecule has 1 aliphatic heterocycles. The van der Waals surface area contributed by atoms with Crippen molar-refractivity contribution in [3.05, 3.63) is 35.4 Å². The highest BCUT2D eigenvalue weighted by Gasteiger charge is 2.48. The van der Waals surface area contributed by atoms with Gasteiger partial charge in [-0.15, -0.1) is 0 Å². The van der Waals surface area contributed by atoms with Crippen molar-refractivity contribution in [3.63, 3.8) is 0 Å². The van der Waals surface area contributed by atoms with Crippen molar-refractivity contribution in [2.24, 2.45) is 0 Å². The number of carbonyl (C=O) groups is 1. The lowest BCUT2D eigenvalue weighted by Crippen LogP contribution is -2.55. The van der Waals surface area contributed by atoms with Crippen LogP contribution in [0.25, 0.3) is 0 Å². The van der Waals surface area contributed by atoms with Gasteiger partial charge in [-0.05, 0) is 30.9 Å². The molecule has 2 aliphatic rings. The number of hydrogen-bond donors (Lipinski definition) is 2. The van der Waals surface area contributed by atoms with Crippen LogP contribution in [0.1, 0.15) is 36.4 Å². The SMILES string of the molecule is N#Cc1ccccc1[C@@H]1NC2(CCC2)NC1=O. The molecule has 1 amide bonds. The number of rotatable bonds is 1. The first-order valence-electron chi connectivity index (χ1n) is 5.83. The largest absolute Gasteiger partial charge is 0.336 e. The molecule has 4 heteroatoms. The zero-order chi connectivity index (χ0) is 11.9. The van der Waals surface area contributed by atoms with Crippen molar-refractivity contribution < 1.29 is 4.79 Å². The van der Waals surface area contributed by atoms with E-state index >= 15 is 0 Å². The van der Waals surface area contributed by atoms with Crippen LogP contribution in [0.2, 0.25) is 0 Å². The molecule has 17 heavy (non-hydrogen) atoms. The van der Waals surface area contributed by atoms with Crippen molar-refractivity contribution in [2.45, 2.75) is 31.0 Å². The maximum Gasteiger partial charge on any atom is 0.243 e. The van der Waals surface area contributed by atoms with Gasteiger partial charge in [0.1, 0.15) is 6.04 Å². The lowest BCUT2D eigenvalue weighted by atomic mass is 9.85. The molecule has 1 saturated carbocycles. The predicted molar refractivity (Wildman–Crippen MR) is 61.8 cm³/mol. The molecule has 1 aromatic rings. The summed E-state index contributed by atoms with van der Waals surface area (Å²) in [5, 5.41) is 15.4. The highest BCUT2D eigenvalue weighted by Crippen LogP contribution is 2.37. The van der Waals surface area contributed by atoms with Crippen molar-refractivity contribution in [1.82, 2.24) is 10.6 Å². The first kappa shape index (κ1) is 10.3. The van der Waals surface area contributed by atoms with Crippen LogP contribution < -0.4 is 10.6 Å². The number of nitriles is 1. The molecule has 1 atom stereocenters. The first-order valence-corrected chi connectivity index (χ1v) is 5.83. The van der Waals surface area contributed by atoms with E-state index < -0.39 is 0 Å². The minimum Gasteiger partial charge on any atom is -0.336 e. The number of benzene rings is 1. The zero-order valence-electron chi connectivity index (χ0n) is 9.36. The van der Waals surface area contributed by atoms with Gasteiger partial charge in [0.05, 0.1) is 17.3 Å². The van der Waals surface area contributed by atoms with E-state index in [2.05, 4.69) is 16.7 Å². The highest BCUT2D eigenvalue weighted by molar-refractivity contribution is 5.87. The Balaban J connectivity index is 1.95. The molecule has 2 fully saturated rings. The average Bonchev–Trinajstić information content (AvgIpc) is 2.67. The van der Waals surface area contributed by atoms with E-state index in [1.54, 1.807) is 6.07 Å². The summed E-state index contributed by atoms with van der Waals surface area (Å²) < 4.78 is 0. The number of carbonyl (C=O) groups excluding carboxylic acids is 1. The third kappa shape index (κ3) is 1.51. The summed E-state index contributed by atoms with van der Waals surface area (Å²) >= 11 is 0. The van der Waals surface area contributed by atoms with Crippen LogP contribution in [0, 0.1) is 11.3 Å². The Hall–Kier alpha value is -1.86. The summed E-state index contributed by atoms with van der Waals surface area (Å²) in [6.45, 7) is 0. The van der Waals surface area contributed by atoms with Gasteiger partial charge in [0.2, 0.25) is 5.91 Å². The Morgan fingerprint density at radius 3 is 2.71 bits per heavy atom. The van der Waals surface area contributed by atoms with Crippen molar-refractivity contribution in [2.75, 3.05) is 0 Å². The van der Waals surface area contributed by atoms with Gasteiger partial charge in [-0.3, -0.25) is 10.1 Å². The monoisotopic (exact) mass is 227 g/mol. The molecule has 0 aromatic heterocycles. The molecule has 1 spiro atoms. The Labute approximate surface area is 99.6 Å². The fraction of sp³-hybridized carbons (Fsp3) is 0.385. The van der Waals surface area contributed by atoms with E-state index in [1.165, 1.54) is 0 Å². The Morgan fingerprint density at radius 2 is 2.12 bits per heavy atom. The summed E-state index contributed by atoms with van der Waals surface area (Å²) in [6, 6.07) is 9.01. The van der Waals surface area contributed by atoms with Crippen molar-refractivity contribution in [3.8, 4) is 6.07 Å². The fourth-order valence-corrected chi connectivity index (χ4v) is 2.56. The van der Waals surface area contributed by atoms with Gasteiger partial charge >= 0.3 is 0 Å². The lowest BCUT2D eigenvalue weighted by Gasteiger charge is -2.38. The van der Waals surface area contributed by atoms with Crippen LogP contribution in [0.4, 0.5) is 0 Å². The maximum absolute atomic E-state index is 12.0. The molecule has 1 saturated heterocycles. The molecule has 1 aliphatic carbocycles. The molecule has 1 aromatic carbocycles. The minimum absolute atomic E-state index is 0.0209. The molecular formula is C13H13N3O. The smallest absolute Gasteiger partial charge is 0.243 e. The van der Waals surface area contributed by atoms with E-state index in [9.17, 15) is 4.79 Å². The minimum atomic E-state index is -0.383. The Bertz CT molecular complexity index is 514. The Kier molecular flexibility index (Phi) is 2.17. The van der Waals surface area contributed by atoms with Crippen LogP contribution in [-0.2, 0) is 4.79 Å². The second-order valence-corrected chi connectivity index (χ2v) is 4.70. The van der Waals surface area contributed by atoms with Gasteiger partial charge in [-0.2, -0.15) is 5.26 Å². The quantitative estimate of drug-likeness (QED) is 0.757. The molecule has 4 nitrogen and oxygen atoms in total. The standard InChI is InChI=1S/C13H13N3O/c14-8-9-4-1-2-5-10(9)11-12(17)16-13(15-11)6-3-7-13/h1-2,4-5,11,15H,3,6-7H2,(H,16,17)/t11-/m0/s1. The second kappa shape index (κ2) is 3.57. The Morgan fingerprint density at radius 1 is 1.35 bits per heavy atom. The summed E-state index contributed by atoms with van der Waals surface area (Å²) in [5.41, 5.74) is 1.14. The number of amides is 1. The number of nitrogens with one attached hydrogen (secondary N) is 2. The third-order valence-corrected chi connectivity index (χ3v) is 3.64. The molecule has 0 bridgehead atoms. The van der Waals surface area contributed by atoms with Gasteiger partial charge in [0.15, 0.2) is 0 Å². The summed E-state index contributed by atoms with van der Waals surface area (Å²) in [5.74, 6) is -0.0209. The normalized spacial score (nSPS) is 25.1. The molecule has 1 heterocycles. The van der Waals surface area contributed by atoms with E-state index in [-0.39, 0.29) is 17.6 Å². The average molecular weight is 227 g/mol. The van der Waals surface area contributed by atoms with E-state index in [0.717, 1.165) is 24.8 Å². The second-order valence-electron chi connectivity index (χ2n) is 4.70. The molecule has 2 N–H and O–H groups in total. The van der Waals surface area contributed by atoms with Crippen LogP contribution >= 0.6 is 0 Å². The van der Waals surface area contributed by atoms with Crippen molar-refractivity contribution >= 4 is 5.91 Å². The van der Waals surface area contributed by atoms with Gasteiger partial charge in [-0.25, -0.2) is 0 Å². The molecule has 3 rings (SSSR count). The van der Waals surface area contributed by atoms with Gasteiger partial charge in [0.25, 0.3) is 0 Å². The first-order chi connectivity index (χ1) is 8.24. The topological polar surface area (TPSA) is 64.9 Å². The van der Waals surface area contributed by atoms with E-state index in [4.69, 9.17) is 5.26 Å². The van der Waals surface area contributed by atoms with Crippen LogP contribution in [0.3, 0.4) is 0 Å². The summed E-state index contributed by atoms with van der Waals surface area (Å²) in [6.07, 6.45) is 3.09. The molecule has 0 unspecified atom stereocenters. The fourth-order valence-electron chi connectivity index (χ4n) is 2.56. The third-order valence-electron chi connectivity index (χ3n) is 3.64. The summed E-state index contributed by atoms with van der Waals surface area (Å²) in [4.78, 5) is 12.0. The number of hydrogen-bond acceptors (Lipinski definition) is 3. The van der Waals surface area contributed by atoms with Gasteiger partial charge < -0.3 is 5.32 Å². The lowest BCUT2D eigenvalue weighted by molar-refractivity contribution is -0.121. The van der Waals surface area contributed by atoms with E-state index in [0.29, 0.717) is 5.56 Å². The van der Waals surface area contributed by atoms with Crippen LogP contribution in [0.5, 0.6) is 0 Å². The predicted octanol–water partition coefficient (Wildman–Crippen LogP) is 1.20. The van der Waals surface area contributed by atoms with Crippen LogP contribution in [0.15, 0.2) is 24.3 Å². The highest BCUT2D eigenvalue weighted by atomic mass is 16.2. The zero-order valence-corrected chi connectivity index (χ0v) is 9.36. The number of nitrogens with zero attached hydrogens (tertiary/aromatic N) is 1. The molecule has 86 valence electrons. The van der Waals surface area contributed by atoms with E-state index in [1.807, 2.05) is 18.2 Å². The van der Waals surface area contributed by atoms with Crippen LogP contribution in [-0.4, -0.2) is 11.6 Å². The summed E-state index contributed by atoms with van der Waals surface area (Å²) in [7, 11) is 0. The van der Waals surface area contributed by atoms with Crippen molar-refractivity contribution in [1.29, 1.82) is 5.26 Å². The maximum atomic E-state index is 12.0. The molecule has 0 radical (unpaired) electrons. The van der Waals surface area contributed by atoms with Gasteiger partial charge in [-0.1, -0.05) is 18.2 Å².